The Kier molecular flexibility index (Phi) is 5.74. The summed E-state index contributed by atoms with van der Waals surface area (Å²) < 4.78 is 6.65. The summed E-state index contributed by atoms with van der Waals surface area (Å²) in [4.78, 5) is 20.1. The van der Waals surface area contributed by atoms with Crippen molar-refractivity contribution in [1.29, 1.82) is 0 Å². The molecule has 0 spiro atoms. The van der Waals surface area contributed by atoms with Crippen LogP contribution in [-0.2, 0) is 0 Å². The molecule has 0 bridgehead atoms. The molecule has 0 saturated heterocycles. The maximum atomic E-state index is 6.65. The summed E-state index contributed by atoms with van der Waals surface area (Å²) >= 11 is 0. The lowest BCUT2D eigenvalue weighted by Gasteiger charge is -2.11. The molecular formula is C40H24N4O. The van der Waals surface area contributed by atoms with E-state index in [0.717, 1.165) is 60.5 Å². The van der Waals surface area contributed by atoms with Crippen molar-refractivity contribution < 1.29 is 4.42 Å². The van der Waals surface area contributed by atoms with Crippen molar-refractivity contribution >= 4 is 43.5 Å². The second-order valence-electron chi connectivity index (χ2n) is 11.1. The predicted molar refractivity (Wildman–Crippen MR) is 182 cm³/mol. The van der Waals surface area contributed by atoms with Crippen molar-refractivity contribution in [2.24, 2.45) is 0 Å². The molecule has 0 aliphatic heterocycles. The third-order valence-corrected chi connectivity index (χ3v) is 8.33. The summed E-state index contributed by atoms with van der Waals surface area (Å²) in [6.07, 6.45) is 1.88. The molecule has 0 aliphatic carbocycles. The van der Waals surface area contributed by atoms with E-state index in [0.29, 0.717) is 23.1 Å². The number of hydrogen-bond acceptors (Lipinski definition) is 5. The van der Waals surface area contributed by atoms with Gasteiger partial charge in [-0.15, -0.1) is 0 Å². The summed E-state index contributed by atoms with van der Waals surface area (Å²) in [5, 5.41) is 6.46. The first kappa shape index (κ1) is 25.3. The van der Waals surface area contributed by atoms with Gasteiger partial charge >= 0.3 is 0 Å². The zero-order valence-corrected chi connectivity index (χ0v) is 24.1. The van der Waals surface area contributed by atoms with Crippen LogP contribution in [0.1, 0.15) is 0 Å². The van der Waals surface area contributed by atoms with Gasteiger partial charge in [0.15, 0.2) is 23.1 Å². The fourth-order valence-corrected chi connectivity index (χ4v) is 6.11. The molecule has 9 rings (SSSR count). The second kappa shape index (κ2) is 10.2. The molecule has 0 unspecified atom stereocenters. The molecule has 0 atom stereocenters. The molecule has 0 aliphatic rings. The van der Waals surface area contributed by atoms with Crippen LogP contribution >= 0.6 is 0 Å². The zero-order valence-electron chi connectivity index (χ0n) is 24.1. The van der Waals surface area contributed by atoms with Gasteiger partial charge in [0.25, 0.3) is 0 Å². The molecule has 3 heterocycles. The SMILES string of the molecule is c1ccc(-c2nc(-c3ccc4ccccc4c3)nc(-c3cnc(-c4ccccc4)c4oc5cc6ccccc6cc5c34)n2)cc1. The Morgan fingerprint density at radius 1 is 0.444 bits per heavy atom. The minimum atomic E-state index is 0.542. The van der Waals surface area contributed by atoms with Gasteiger partial charge in [-0.3, -0.25) is 4.98 Å². The third kappa shape index (κ3) is 4.33. The van der Waals surface area contributed by atoms with E-state index in [1.165, 1.54) is 5.39 Å². The Morgan fingerprint density at radius 2 is 1.02 bits per heavy atom. The normalized spacial score (nSPS) is 11.6. The van der Waals surface area contributed by atoms with Crippen molar-refractivity contribution in [3.05, 3.63) is 146 Å². The number of pyridine rings is 1. The monoisotopic (exact) mass is 576 g/mol. The Labute approximate surface area is 258 Å². The van der Waals surface area contributed by atoms with Gasteiger partial charge in [-0.25, -0.2) is 15.0 Å². The largest absolute Gasteiger partial charge is 0.454 e. The Balaban J connectivity index is 1.35. The fraction of sp³-hybridized carbons (Fsp3) is 0. The van der Waals surface area contributed by atoms with Gasteiger partial charge < -0.3 is 4.42 Å². The Morgan fingerprint density at radius 3 is 1.76 bits per heavy atom. The molecule has 0 saturated carbocycles. The molecule has 5 heteroatoms. The van der Waals surface area contributed by atoms with Crippen molar-refractivity contribution in [2.45, 2.75) is 0 Å². The molecule has 210 valence electrons. The lowest BCUT2D eigenvalue weighted by atomic mass is 10.0. The summed E-state index contributed by atoms with van der Waals surface area (Å²) in [7, 11) is 0. The van der Waals surface area contributed by atoms with Gasteiger partial charge in [-0.05, 0) is 39.7 Å². The average Bonchev–Trinajstić information content (AvgIpc) is 3.49. The van der Waals surface area contributed by atoms with Crippen LogP contribution in [0.2, 0.25) is 0 Å². The molecule has 6 aromatic carbocycles. The first-order valence-corrected chi connectivity index (χ1v) is 14.9. The Bertz CT molecular complexity index is 2540. The van der Waals surface area contributed by atoms with Crippen LogP contribution in [0.4, 0.5) is 0 Å². The van der Waals surface area contributed by atoms with Crippen molar-refractivity contribution in [2.75, 3.05) is 0 Å². The lowest BCUT2D eigenvalue weighted by molar-refractivity contribution is 0.669. The van der Waals surface area contributed by atoms with E-state index < -0.39 is 0 Å². The quantitative estimate of drug-likeness (QED) is 0.209. The molecule has 45 heavy (non-hydrogen) atoms. The maximum absolute atomic E-state index is 6.65. The fourth-order valence-electron chi connectivity index (χ4n) is 6.11. The summed E-state index contributed by atoms with van der Waals surface area (Å²) in [6.45, 7) is 0. The highest BCUT2D eigenvalue weighted by molar-refractivity contribution is 6.17. The van der Waals surface area contributed by atoms with Crippen LogP contribution in [0.25, 0.3) is 88.9 Å². The summed E-state index contributed by atoms with van der Waals surface area (Å²) in [5.41, 5.74) is 5.89. The highest BCUT2D eigenvalue weighted by Crippen LogP contribution is 2.41. The molecule has 9 aromatic rings. The molecule has 0 amide bonds. The first-order chi connectivity index (χ1) is 22.3. The van der Waals surface area contributed by atoms with E-state index in [1.807, 2.05) is 72.9 Å². The minimum absolute atomic E-state index is 0.542. The van der Waals surface area contributed by atoms with E-state index in [4.69, 9.17) is 24.4 Å². The van der Waals surface area contributed by atoms with E-state index >= 15 is 0 Å². The van der Waals surface area contributed by atoms with Gasteiger partial charge in [0, 0.05) is 39.2 Å². The van der Waals surface area contributed by atoms with Crippen molar-refractivity contribution in [3.63, 3.8) is 0 Å². The van der Waals surface area contributed by atoms with E-state index in [9.17, 15) is 0 Å². The number of furan rings is 1. The van der Waals surface area contributed by atoms with Gasteiger partial charge in [-0.2, -0.15) is 0 Å². The van der Waals surface area contributed by atoms with E-state index in [-0.39, 0.29) is 0 Å². The van der Waals surface area contributed by atoms with Crippen LogP contribution in [0.5, 0.6) is 0 Å². The predicted octanol–water partition coefficient (Wildman–Crippen LogP) is 10.1. The topological polar surface area (TPSA) is 64.7 Å². The minimum Gasteiger partial charge on any atom is -0.454 e. The van der Waals surface area contributed by atoms with Crippen LogP contribution in [0, 0.1) is 0 Å². The highest BCUT2D eigenvalue weighted by Gasteiger charge is 2.22. The van der Waals surface area contributed by atoms with Gasteiger partial charge in [0.2, 0.25) is 0 Å². The smallest absolute Gasteiger partial charge is 0.166 e. The number of aromatic nitrogens is 4. The number of hydrogen-bond donors (Lipinski definition) is 0. The number of benzene rings is 6. The molecule has 3 aromatic heterocycles. The Hall–Kier alpha value is -6.20. The molecule has 5 nitrogen and oxygen atoms in total. The molecular weight excluding hydrogens is 552 g/mol. The lowest BCUT2D eigenvalue weighted by Crippen LogP contribution is -2.01. The van der Waals surface area contributed by atoms with Crippen molar-refractivity contribution in [3.8, 4) is 45.4 Å². The average molecular weight is 577 g/mol. The molecule has 0 radical (unpaired) electrons. The number of nitrogens with zero attached hydrogens (tertiary/aromatic N) is 4. The first-order valence-electron chi connectivity index (χ1n) is 14.9. The van der Waals surface area contributed by atoms with Crippen LogP contribution < -0.4 is 0 Å². The summed E-state index contributed by atoms with van der Waals surface area (Å²) in [5.74, 6) is 1.74. The van der Waals surface area contributed by atoms with Gasteiger partial charge in [0.05, 0.1) is 0 Å². The summed E-state index contributed by atoms with van der Waals surface area (Å²) in [6, 6.07) is 47.4. The van der Waals surface area contributed by atoms with E-state index in [2.05, 4.69) is 72.8 Å². The maximum Gasteiger partial charge on any atom is 0.166 e. The molecule has 0 N–H and O–H groups in total. The van der Waals surface area contributed by atoms with Gasteiger partial charge in [-0.1, -0.05) is 121 Å². The molecule has 0 fully saturated rings. The highest BCUT2D eigenvalue weighted by atomic mass is 16.3. The van der Waals surface area contributed by atoms with Crippen molar-refractivity contribution in [1.82, 2.24) is 19.9 Å². The van der Waals surface area contributed by atoms with Crippen LogP contribution in [0.15, 0.2) is 150 Å². The standard InChI is InChI=1S/C40H24N4O/c1-3-12-26(13-4-1)36-37-35(32-22-29-17-9-10-18-30(29)23-34(32)45-37)33(24-41-36)40-43-38(27-14-5-2-6-15-27)42-39(44-40)31-20-19-25-11-7-8-16-28(25)21-31/h1-24H. The van der Waals surface area contributed by atoms with E-state index in [1.54, 1.807) is 0 Å². The van der Waals surface area contributed by atoms with Crippen LogP contribution in [-0.4, -0.2) is 19.9 Å². The second-order valence-corrected chi connectivity index (χ2v) is 11.1. The number of rotatable bonds is 4. The van der Waals surface area contributed by atoms with Crippen LogP contribution in [0.3, 0.4) is 0 Å². The van der Waals surface area contributed by atoms with Gasteiger partial charge in [0.1, 0.15) is 11.3 Å². The zero-order chi connectivity index (χ0) is 29.7. The third-order valence-electron chi connectivity index (χ3n) is 8.33. The number of fused-ring (bicyclic) bond motifs is 5.